The summed E-state index contributed by atoms with van der Waals surface area (Å²) < 4.78 is 62.6. The van der Waals surface area contributed by atoms with E-state index in [1.165, 1.54) is 13.3 Å². The van der Waals surface area contributed by atoms with Crippen molar-refractivity contribution in [1.82, 2.24) is 14.3 Å². The van der Waals surface area contributed by atoms with Gasteiger partial charge in [0.25, 0.3) is 0 Å². The van der Waals surface area contributed by atoms with E-state index in [1.54, 1.807) is 42.1 Å². The van der Waals surface area contributed by atoms with Crippen molar-refractivity contribution < 1.29 is 21.9 Å². The van der Waals surface area contributed by atoms with Gasteiger partial charge in [0.2, 0.25) is 10.0 Å². The highest BCUT2D eigenvalue weighted by Crippen LogP contribution is 2.27. The van der Waals surface area contributed by atoms with E-state index in [4.69, 9.17) is 4.74 Å². The second kappa shape index (κ2) is 7.45. The largest absolute Gasteiger partial charge is 0.497 e. The minimum absolute atomic E-state index is 0.362. The average molecular weight is 393 g/mol. The van der Waals surface area contributed by atoms with Gasteiger partial charge in [-0.2, -0.15) is 4.72 Å². The number of hydrogen-bond acceptors (Lipinski definition) is 4. The number of aryl methyl sites for hydroxylation is 1. The van der Waals surface area contributed by atoms with Crippen molar-refractivity contribution >= 4 is 10.0 Å². The Morgan fingerprint density at radius 1 is 1.11 bits per heavy atom. The third-order valence-electron chi connectivity index (χ3n) is 4.03. The summed E-state index contributed by atoms with van der Waals surface area (Å²) in [5.41, 5.74) is 0.533. The average Bonchev–Trinajstić information content (AvgIpc) is 3.05. The summed E-state index contributed by atoms with van der Waals surface area (Å²) in [5.74, 6) is -1.40. The van der Waals surface area contributed by atoms with E-state index in [-0.39, 0.29) is 0 Å². The maximum absolute atomic E-state index is 14.0. The van der Waals surface area contributed by atoms with Crippen LogP contribution in [0.1, 0.15) is 17.4 Å². The van der Waals surface area contributed by atoms with Crippen LogP contribution in [0.2, 0.25) is 0 Å². The summed E-state index contributed by atoms with van der Waals surface area (Å²) in [6.45, 7) is 0. The van der Waals surface area contributed by atoms with Crippen molar-refractivity contribution in [1.29, 1.82) is 0 Å². The molecule has 0 aliphatic carbocycles. The molecule has 1 N–H and O–H groups in total. The summed E-state index contributed by atoms with van der Waals surface area (Å²) in [6, 6.07) is 8.54. The molecule has 2 aromatic carbocycles. The number of sulfonamides is 1. The molecule has 142 valence electrons. The van der Waals surface area contributed by atoms with Crippen LogP contribution in [0.3, 0.4) is 0 Å². The van der Waals surface area contributed by atoms with Crippen molar-refractivity contribution in [3.8, 4) is 5.75 Å². The van der Waals surface area contributed by atoms with Crippen LogP contribution in [-0.4, -0.2) is 25.1 Å². The Kier molecular flexibility index (Phi) is 5.24. The molecule has 3 aromatic rings. The molecule has 1 aromatic heterocycles. The van der Waals surface area contributed by atoms with E-state index >= 15 is 0 Å². The third kappa shape index (κ3) is 3.83. The third-order valence-corrected chi connectivity index (χ3v) is 5.50. The molecule has 9 heteroatoms. The fraction of sp³-hybridized carbons (Fsp3) is 0.167. The lowest BCUT2D eigenvalue weighted by Crippen LogP contribution is -2.32. The Labute approximate surface area is 155 Å². The van der Waals surface area contributed by atoms with Gasteiger partial charge in [0.1, 0.15) is 29.3 Å². The van der Waals surface area contributed by atoms with Gasteiger partial charge in [-0.3, -0.25) is 0 Å². The van der Waals surface area contributed by atoms with Gasteiger partial charge in [-0.15, -0.1) is 0 Å². The maximum Gasteiger partial charge on any atom is 0.247 e. The van der Waals surface area contributed by atoms with Crippen LogP contribution in [0, 0.1) is 11.6 Å². The smallest absolute Gasteiger partial charge is 0.247 e. The summed E-state index contributed by atoms with van der Waals surface area (Å²) >= 11 is 0. The van der Waals surface area contributed by atoms with Crippen LogP contribution < -0.4 is 9.46 Å². The van der Waals surface area contributed by atoms with Crippen molar-refractivity contribution in [2.24, 2.45) is 7.05 Å². The molecular weight excluding hydrogens is 376 g/mol. The van der Waals surface area contributed by atoms with Crippen molar-refractivity contribution in [3.63, 3.8) is 0 Å². The van der Waals surface area contributed by atoms with Gasteiger partial charge in [-0.05, 0) is 29.8 Å². The summed E-state index contributed by atoms with van der Waals surface area (Å²) in [4.78, 5) is 3.15. The molecule has 0 radical (unpaired) electrons. The highest BCUT2D eigenvalue weighted by atomic mass is 32.2. The standard InChI is InChI=1S/C18H17F2N3O3S/c1-23-11-10-21-18(23)16(12-6-8-13(26-2)9-7-12)22-27(24,25)17-14(19)4-3-5-15(17)20/h3-11,16,22H,1-2H3. The zero-order valence-electron chi connectivity index (χ0n) is 14.6. The number of nitrogens with one attached hydrogen (secondary N) is 1. The fourth-order valence-electron chi connectivity index (χ4n) is 2.67. The number of rotatable bonds is 6. The number of halogens is 2. The lowest BCUT2D eigenvalue weighted by molar-refractivity contribution is 0.414. The molecule has 3 rings (SSSR count). The monoisotopic (exact) mass is 393 g/mol. The number of imidazole rings is 1. The number of nitrogens with zero attached hydrogens (tertiary/aromatic N) is 2. The summed E-state index contributed by atoms with van der Waals surface area (Å²) in [5, 5.41) is 0. The minimum atomic E-state index is -4.51. The second-order valence-corrected chi connectivity index (χ2v) is 7.43. The van der Waals surface area contributed by atoms with E-state index in [1.807, 2.05) is 0 Å². The molecule has 0 amide bonds. The molecule has 6 nitrogen and oxygen atoms in total. The predicted molar refractivity (Wildman–Crippen MR) is 94.7 cm³/mol. The first-order valence-corrected chi connectivity index (χ1v) is 9.39. The molecule has 1 atom stereocenters. The Balaban J connectivity index is 2.07. The number of methoxy groups -OCH3 is 1. The number of hydrogen-bond donors (Lipinski definition) is 1. The Hall–Kier alpha value is -2.78. The number of ether oxygens (including phenoxy) is 1. The van der Waals surface area contributed by atoms with E-state index in [9.17, 15) is 17.2 Å². The molecule has 0 saturated heterocycles. The van der Waals surface area contributed by atoms with Crippen LogP contribution in [-0.2, 0) is 17.1 Å². The lowest BCUT2D eigenvalue weighted by atomic mass is 10.1. The quantitative estimate of drug-likeness (QED) is 0.699. The van der Waals surface area contributed by atoms with Crippen LogP contribution in [0.15, 0.2) is 59.8 Å². The molecule has 0 fully saturated rings. The molecule has 1 heterocycles. The molecule has 1 unspecified atom stereocenters. The highest BCUT2D eigenvalue weighted by Gasteiger charge is 2.30. The van der Waals surface area contributed by atoms with Gasteiger partial charge in [0.15, 0.2) is 4.90 Å². The minimum Gasteiger partial charge on any atom is -0.497 e. The highest BCUT2D eigenvalue weighted by molar-refractivity contribution is 7.89. The molecular formula is C18H17F2N3O3S. The zero-order valence-corrected chi connectivity index (χ0v) is 15.4. The van der Waals surface area contributed by atoms with Gasteiger partial charge >= 0.3 is 0 Å². The lowest BCUT2D eigenvalue weighted by Gasteiger charge is -2.20. The topological polar surface area (TPSA) is 73.2 Å². The summed E-state index contributed by atoms with van der Waals surface area (Å²) in [6.07, 6.45) is 3.15. The van der Waals surface area contributed by atoms with E-state index in [2.05, 4.69) is 9.71 Å². The number of benzene rings is 2. The first-order valence-electron chi connectivity index (χ1n) is 7.91. The molecule has 0 aliphatic rings. The molecule has 0 spiro atoms. The van der Waals surface area contributed by atoms with Gasteiger partial charge in [-0.25, -0.2) is 22.2 Å². The summed E-state index contributed by atoms with van der Waals surface area (Å²) in [7, 11) is -1.31. The van der Waals surface area contributed by atoms with Gasteiger partial charge in [0.05, 0.1) is 7.11 Å². The number of aromatic nitrogens is 2. The normalized spacial score (nSPS) is 12.7. The molecule has 0 aliphatic heterocycles. The van der Waals surface area contributed by atoms with Crippen molar-refractivity contribution in [3.05, 3.63) is 77.9 Å². The van der Waals surface area contributed by atoms with Crippen molar-refractivity contribution in [2.45, 2.75) is 10.9 Å². The van der Waals surface area contributed by atoms with E-state index < -0.39 is 32.6 Å². The van der Waals surface area contributed by atoms with Crippen LogP contribution >= 0.6 is 0 Å². The van der Waals surface area contributed by atoms with Crippen LogP contribution in [0.5, 0.6) is 5.75 Å². The van der Waals surface area contributed by atoms with E-state index in [0.29, 0.717) is 17.1 Å². The van der Waals surface area contributed by atoms with Gasteiger partial charge in [-0.1, -0.05) is 18.2 Å². The first-order chi connectivity index (χ1) is 12.8. The zero-order chi connectivity index (χ0) is 19.6. The molecule has 27 heavy (non-hydrogen) atoms. The Morgan fingerprint density at radius 2 is 1.74 bits per heavy atom. The second-order valence-electron chi connectivity index (χ2n) is 5.77. The Bertz CT molecular complexity index is 1030. The van der Waals surface area contributed by atoms with Crippen LogP contribution in [0.4, 0.5) is 8.78 Å². The SMILES string of the molecule is COc1ccc(C(NS(=O)(=O)c2c(F)cccc2F)c2nccn2C)cc1. The molecule has 0 bridgehead atoms. The molecule has 0 saturated carbocycles. The van der Waals surface area contributed by atoms with Gasteiger partial charge in [0, 0.05) is 19.4 Å². The van der Waals surface area contributed by atoms with Gasteiger partial charge < -0.3 is 9.30 Å². The maximum atomic E-state index is 14.0. The predicted octanol–water partition coefficient (Wildman–Crippen LogP) is 2.77. The Morgan fingerprint density at radius 3 is 2.26 bits per heavy atom. The fourth-order valence-corrected chi connectivity index (χ4v) is 3.99. The van der Waals surface area contributed by atoms with Crippen molar-refractivity contribution in [2.75, 3.05) is 7.11 Å². The van der Waals surface area contributed by atoms with Crippen LogP contribution in [0.25, 0.3) is 0 Å². The first kappa shape index (κ1) is 19.0. The van der Waals surface area contributed by atoms with E-state index in [0.717, 1.165) is 18.2 Å².